The molecule has 0 aromatic heterocycles. The predicted octanol–water partition coefficient (Wildman–Crippen LogP) is 4.96. The largest absolute Gasteiger partial charge is 0.508 e. The zero-order valence-electron chi connectivity index (χ0n) is 35.6. The van der Waals surface area contributed by atoms with E-state index in [-0.39, 0.29) is 43.8 Å². The Bertz CT molecular complexity index is 1960. The van der Waals surface area contributed by atoms with E-state index in [1.807, 2.05) is 18.2 Å². The van der Waals surface area contributed by atoms with Crippen LogP contribution in [0.15, 0.2) is 103 Å². The number of aliphatic hydroxyl groups excluding tert-OH is 1. The number of carbonyl (C=O) groups excluding carboxylic acids is 6. The van der Waals surface area contributed by atoms with E-state index in [1.54, 1.807) is 82.3 Å². The molecule has 3 amide bonds. The van der Waals surface area contributed by atoms with Gasteiger partial charge in [-0.15, -0.1) is 0 Å². The topological polar surface area (TPSA) is 201 Å². The number of carbonyl (C=O) groups is 6. The highest BCUT2D eigenvalue weighted by atomic mass is 16.5. The van der Waals surface area contributed by atoms with Crippen LogP contribution in [0.2, 0.25) is 0 Å². The van der Waals surface area contributed by atoms with Gasteiger partial charge in [-0.25, -0.2) is 10.2 Å². The molecule has 2 heterocycles. The number of phenols is 1. The number of benzene rings is 2. The monoisotopic (exact) mass is 840 g/mol. The number of para-hydroxylation sites is 1. The second-order valence-electron chi connectivity index (χ2n) is 16.1. The number of esters is 2. The molecule has 1 fully saturated rings. The fourth-order valence-electron chi connectivity index (χ4n) is 7.06. The van der Waals surface area contributed by atoms with Crippen molar-refractivity contribution < 1.29 is 48.5 Å². The number of cyclic esters (lactones) is 1. The highest BCUT2D eigenvalue weighted by molar-refractivity contribution is 5.93. The molecule has 2 bridgehead atoms. The van der Waals surface area contributed by atoms with Crippen LogP contribution in [0.1, 0.15) is 78.7 Å². The van der Waals surface area contributed by atoms with E-state index in [9.17, 15) is 39.0 Å². The zero-order valence-corrected chi connectivity index (χ0v) is 35.6. The maximum Gasteiger partial charge on any atom is 0.336 e. The van der Waals surface area contributed by atoms with Crippen molar-refractivity contribution in [1.82, 2.24) is 21.1 Å². The Morgan fingerprint density at radius 2 is 1.69 bits per heavy atom. The summed E-state index contributed by atoms with van der Waals surface area (Å²) in [5.74, 6) is -4.62. The summed E-state index contributed by atoms with van der Waals surface area (Å²) < 4.78 is 11.4. The lowest BCUT2D eigenvalue weighted by atomic mass is 9.85. The second kappa shape index (κ2) is 23.8. The van der Waals surface area contributed by atoms with Gasteiger partial charge >= 0.3 is 11.9 Å². The first kappa shape index (κ1) is 47.8. The van der Waals surface area contributed by atoms with Crippen molar-refractivity contribution in [3.8, 4) is 11.5 Å². The van der Waals surface area contributed by atoms with Crippen molar-refractivity contribution in [2.45, 2.75) is 110 Å². The average molecular weight is 841 g/mol. The van der Waals surface area contributed by atoms with Gasteiger partial charge in [-0.3, -0.25) is 24.2 Å². The molecular formula is C47H60N4O10. The molecule has 61 heavy (non-hydrogen) atoms. The highest BCUT2D eigenvalue weighted by Gasteiger charge is 2.38. The number of nitrogens with zero attached hydrogens (tertiary/aromatic N) is 1. The zero-order chi connectivity index (χ0) is 44.5. The summed E-state index contributed by atoms with van der Waals surface area (Å²) in [4.78, 5) is 80.6. The molecule has 0 saturated carbocycles. The van der Waals surface area contributed by atoms with Gasteiger partial charge in [0.2, 0.25) is 11.8 Å². The molecule has 2 aromatic rings. The Morgan fingerprint density at radius 3 is 2.38 bits per heavy atom. The molecule has 14 nitrogen and oxygen atoms in total. The van der Waals surface area contributed by atoms with Crippen LogP contribution in [0.3, 0.4) is 0 Å². The van der Waals surface area contributed by atoms with E-state index < -0.39 is 77.7 Å². The summed E-state index contributed by atoms with van der Waals surface area (Å²) in [5, 5.41) is 28.6. The second-order valence-corrected chi connectivity index (χ2v) is 16.1. The maximum atomic E-state index is 14.3. The molecule has 4 rings (SSSR count). The van der Waals surface area contributed by atoms with Crippen LogP contribution < -0.4 is 20.8 Å². The number of aromatic hydroxyl groups is 1. The fourth-order valence-corrected chi connectivity index (χ4v) is 7.06. The number of amides is 3. The van der Waals surface area contributed by atoms with E-state index in [1.165, 1.54) is 36.2 Å². The molecule has 328 valence electrons. The van der Waals surface area contributed by atoms with Gasteiger partial charge in [0.15, 0.2) is 0 Å². The number of rotatable bonds is 10. The van der Waals surface area contributed by atoms with Crippen LogP contribution in [0.5, 0.6) is 11.5 Å². The van der Waals surface area contributed by atoms with Gasteiger partial charge in [0.05, 0.1) is 12.0 Å². The number of ether oxygens (including phenoxy) is 2. The molecule has 14 heteroatoms. The molecule has 7 unspecified atom stereocenters. The molecule has 0 radical (unpaired) electrons. The van der Waals surface area contributed by atoms with Crippen LogP contribution in [-0.4, -0.2) is 87.5 Å². The minimum Gasteiger partial charge on any atom is -0.508 e. The van der Waals surface area contributed by atoms with Gasteiger partial charge in [-0.1, -0.05) is 87.6 Å². The number of hydrogen-bond acceptors (Lipinski definition) is 11. The Kier molecular flexibility index (Phi) is 18.7. The predicted molar refractivity (Wildman–Crippen MR) is 229 cm³/mol. The van der Waals surface area contributed by atoms with E-state index in [2.05, 4.69) is 16.1 Å². The summed E-state index contributed by atoms with van der Waals surface area (Å²) in [7, 11) is 0. The third-order valence-corrected chi connectivity index (χ3v) is 10.6. The number of hydrazine groups is 1. The summed E-state index contributed by atoms with van der Waals surface area (Å²) in [5.41, 5.74) is 4.19. The summed E-state index contributed by atoms with van der Waals surface area (Å²) in [6, 6.07) is 11.7. The molecule has 5 N–H and O–H groups in total. The SMILES string of the molecule is CC(=O)CCC1C(=O)NC(C(C)C)C(=O)NC(Cc2cccc(O)c2)C(=O)N2CCCC(N2)C(=O)OC(C(C)=CC=CC(=O)Oc2ccccc2)CC=CC=CCC(C)C1O. The number of Topliss-reactive ketones (excluding diaryl/α,β-unsaturated/α-hetero) is 1. The minimum atomic E-state index is -1.19. The van der Waals surface area contributed by atoms with Crippen molar-refractivity contribution in [3.63, 3.8) is 0 Å². The van der Waals surface area contributed by atoms with Crippen LogP contribution in [0, 0.1) is 17.8 Å². The molecule has 0 aliphatic carbocycles. The Morgan fingerprint density at radius 1 is 0.967 bits per heavy atom. The lowest BCUT2D eigenvalue weighted by molar-refractivity contribution is -0.156. The van der Waals surface area contributed by atoms with Gasteiger partial charge < -0.3 is 35.1 Å². The van der Waals surface area contributed by atoms with Crippen molar-refractivity contribution in [3.05, 3.63) is 108 Å². The molecule has 1 saturated heterocycles. The van der Waals surface area contributed by atoms with Crippen molar-refractivity contribution in [1.29, 1.82) is 0 Å². The highest BCUT2D eigenvalue weighted by Crippen LogP contribution is 2.24. The average Bonchev–Trinajstić information content (AvgIpc) is 3.22. The first-order valence-electron chi connectivity index (χ1n) is 20.9. The maximum absolute atomic E-state index is 14.3. The van der Waals surface area contributed by atoms with E-state index >= 15 is 0 Å². The minimum absolute atomic E-state index is 0.0270. The summed E-state index contributed by atoms with van der Waals surface area (Å²) in [6.07, 6.45) is 11.3. The number of allylic oxidation sites excluding steroid dienone is 5. The number of hydrogen-bond donors (Lipinski definition) is 5. The Labute approximate surface area is 358 Å². The number of nitrogens with one attached hydrogen (secondary N) is 3. The Hall–Kier alpha value is -5.86. The molecule has 2 aliphatic heterocycles. The lowest BCUT2D eigenvalue weighted by Gasteiger charge is -2.36. The summed E-state index contributed by atoms with van der Waals surface area (Å²) in [6.45, 7) is 8.67. The molecule has 7 atom stereocenters. The molecular weight excluding hydrogens is 781 g/mol. The molecule has 0 spiro atoms. The van der Waals surface area contributed by atoms with Crippen LogP contribution in [0.4, 0.5) is 0 Å². The quantitative estimate of drug-likeness (QED) is 0.0937. The normalized spacial score (nSPS) is 25.3. The van der Waals surface area contributed by atoms with Gasteiger partial charge in [0.1, 0.15) is 41.5 Å². The number of fused-ring (bicyclic) bond motifs is 2. The van der Waals surface area contributed by atoms with Gasteiger partial charge in [-0.2, -0.15) is 0 Å². The van der Waals surface area contributed by atoms with Crippen molar-refractivity contribution >= 4 is 35.4 Å². The third kappa shape index (κ3) is 15.3. The lowest BCUT2D eigenvalue weighted by Crippen LogP contribution is -2.62. The van der Waals surface area contributed by atoms with Gasteiger partial charge in [0, 0.05) is 31.9 Å². The van der Waals surface area contributed by atoms with Gasteiger partial charge in [0.25, 0.3) is 5.91 Å². The van der Waals surface area contributed by atoms with E-state index in [4.69, 9.17) is 9.47 Å². The number of ketones is 1. The third-order valence-electron chi connectivity index (χ3n) is 10.6. The molecule has 2 aliphatic rings. The van der Waals surface area contributed by atoms with Crippen LogP contribution >= 0.6 is 0 Å². The molecule has 2 aromatic carbocycles. The smallest absolute Gasteiger partial charge is 0.336 e. The van der Waals surface area contributed by atoms with E-state index in [0.29, 0.717) is 36.1 Å². The van der Waals surface area contributed by atoms with Crippen LogP contribution in [0.25, 0.3) is 0 Å². The number of phenolic OH excluding ortho intramolecular Hbond substituents is 1. The Balaban J connectivity index is 1.67. The van der Waals surface area contributed by atoms with Crippen molar-refractivity contribution in [2.75, 3.05) is 6.54 Å². The van der Waals surface area contributed by atoms with Crippen molar-refractivity contribution in [2.24, 2.45) is 17.8 Å². The van der Waals surface area contributed by atoms with Gasteiger partial charge in [-0.05, 0) is 86.8 Å². The number of aliphatic hydroxyl groups is 1. The fraction of sp³-hybridized carbons (Fsp3) is 0.447. The summed E-state index contributed by atoms with van der Waals surface area (Å²) >= 11 is 0. The standard InChI is InChI=1S/C47H60N4O10/c1-30(2)42-45(57)48-39(29-34-18-14-19-35(53)28-34)46(58)51-27-15-22-38(50-51)47(59)61-40(31(3)17-13-24-41(54)60-36-20-10-8-11-21-36)23-12-7-6-9-16-32(4)43(55)37(44(56)49-42)26-25-33(5)52/h6-14,17-21,24,28,30,32,37-40,42-43,50,53,55H,15-16,22-23,25-27,29H2,1-5H3,(H,48,57)(H,49,56). The first-order valence-corrected chi connectivity index (χ1v) is 20.9. The van der Waals surface area contributed by atoms with E-state index in [0.717, 1.165) is 0 Å². The first-order chi connectivity index (χ1) is 29.1. The van der Waals surface area contributed by atoms with Crippen LogP contribution in [-0.2, 0) is 39.9 Å².